The summed E-state index contributed by atoms with van der Waals surface area (Å²) in [5.74, 6) is 1.24. The summed E-state index contributed by atoms with van der Waals surface area (Å²) in [5, 5.41) is 8.61. The monoisotopic (exact) mass is 255 g/mol. The second kappa shape index (κ2) is 4.87. The molecular formula is C10H10BrNO2. The van der Waals surface area contributed by atoms with Crippen LogP contribution in [0.25, 0.3) is 0 Å². The summed E-state index contributed by atoms with van der Waals surface area (Å²) in [6, 6.07) is 5.76. The molecule has 0 atom stereocenters. The number of ether oxygens (including phenoxy) is 2. The summed E-state index contributed by atoms with van der Waals surface area (Å²) in [6.07, 6.45) is 0.312. The number of hydrogen-bond donors (Lipinski definition) is 0. The molecule has 0 bridgehead atoms. The molecule has 0 radical (unpaired) electrons. The highest BCUT2D eigenvalue weighted by Crippen LogP contribution is 2.37. The Kier molecular flexibility index (Phi) is 3.78. The van der Waals surface area contributed by atoms with Crippen LogP contribution in [0, 0.1) is 11.3 Å². The van der Waals surface area contributed by atoms with Gasteiger partial charge in [-0.1, -0.05) is 6.07 Å². The first-order chi connectivity index (χ1) is 6.74. The molecule has 3 nitrogen and oxygen atoms in total. The van der Waals surface area contributed by atoms with E-state index in [0.717, 1.165) is 10.0 Å². The Morgan fingerprint density at radius 1 is 1.29 bits per heavy atom. The van der Waals surface area contributed by atoms with Gasteiger partial charge in [0.05, 0.1) is 31.2 Å². The topological polar surface area (TPSA) is 42.2 Å². The van der Waals surface area contributed by atoms with Gasteiger partial charge < -0.3 is 9.47 Å². The Morgan fingerprint density at radius 3 is 2.43 bits per heavy atom. The van der Waals surface area contributed by atoms with E-state index in [0.29, 0.717) is 17.9 Å². The van der Waals surface area contributed by atoms with E-state index in [9.17, 15) is 0 Å². The lowest BCUT2D eigenvalue weighted by Gasteiger charge is -2.12. The quantitative estimate of drug-likeness (QED) is 0.834. The predicted molar refractivity (Wildman–Crippen MR) is 56.6 cm³/mol. The van der Waals surface area contributed by atoms with E-state index in [1.165, 1.54) is 0 Å². The molecule has 0 fully saturated rings. The van der Waals surface area contributed by atoms with Crippen molar-refractivity contribution in [3.63, 3.8) is 0 Å². The van der Waals surface area contributed by atoms with Gasteiger partial charge in [-0.25, -0.2) is 0 Å². The molecule has 1 rings (SSSR count). The Morgan fingerprint density at radius 2 is 1.93 bits per heavy atom. The molecule has 0 heterocycles. The fraction of sp³-hybridized carbons (Fsp3) is 0.300. The maximum atomic E-state index is 8.61. The molecule has 0 saturated carbocycles. The van der Waals surface area contributed by atoms with Gasteiger partial charge in [-0.05, 0) is 22.0 Å². The average molecular weight is 256 g/mol. The van der Waals surface area contributed by atoms with Gasteiger partial charge in [-0.15, -0.1) is 0 Å². The molecule has 0 aromatic heterocycles. The molecule has 0 aliphatic carbocycles. The van der Waals surface area contributed by atoms with Gasteiger partial charge in [0, 0.05) is 5.56 Å². The molecule has 1 aromatic rings. The van der Waals surface area contributed by atoms with Crippen molar-refractivity contribution < 1.29 is 9.47 Å². The van der Waals surface area contributed by atoms with Gasteiger partial charge in [-0.2, -0.15) is 5.26 Å². The first-order valence-corrected chi connectivity index (χ1v) is 4.80. The van der Waals surface area contributed by atoms with Crippen LogP contribution in [-0.4, -0.2) is 14.2 Å². The van der Waals surface area contributed by atoms with Crippen molar-refractivity contribution in [1.82, 2.24) is 0 Å². The standard InChI is InChI=1S/C10H10BrNO2/c1-13-9-7(5-6-12)3-4-8(11)10(9)14-2/h3-4H,5H2,1-2H3. The molecule has 0 spiro atoms. The van der Waals surface area contributed by atoms with E-state index in [1.807, 2.05) is 12.1 Å². The van der Waals surface area contributed by atoms with Crippen LogP contribution in [0.4, 0.5) is 0 Å². The van der Waals surface area contributed by atoms with E-state index >= 15 is 0 Å². The second-order valence-corrected chi connectivity index (χ2v) is 3.46. The summed E-state index contributed by atoms with van der Waals surface area (Å²) in [6.45, 7) is 0. The zero-order valence-electron chi connectivity index (χ0n) is 8.00. The highest BCUT2D eigenvalue weighted by atomic mass is 79.9. The van der Waals surface area contributed by atoms with Crippen LogP contribution in [0.1, 0.15) is 5.56 Å². The van der Waals surface area contributed by atoms with E-state index in [4.69, 9.17) is 14.7 Å². The lowest BCUT2D eigenvalue weighted by atomic mass is 10.1. The third kappa shape index (κ3) is 1.99. The summed E-state index contributed by atoms with van der Waals surface area (Å²) < 4.78 is 11.2. The third-order valence-corrected chi connectivity index (χ3v) is 2.45. The molecule has 0 amide bonds. The number of halogens is 1. The van der Waals surface area contributed by atoms with Gasteiger partial charge in [0.15, 0.2) is 11.5 Å². The minimum Gasteiger partial charge on any atom is -0.492 e. The summed E-state index contributed by atoms with van der Waals surface area (Å²) in [4.78, 5) is 0. The highest BCUT2D eigenvalue weighted by Gasteiger charge is 2.12. The van der Waals surface area contributed by atoms with Crippen molar-refractivity contribution in [1.29, 1.82) is 5.26 Å². The lowest BCUT2D eigenvalue weighted by Crippen LogP contribution is -1.96. The molecule has 0 saturated heterocycles. The number of rotatable bonds is 3. The van der Waals surface area contributed by atoms with Gasteiger partial charge in [0.1, 0.15) is 0 Å². The van der Waals surface area contributed by atoms with Crippen LogP contribution in [0.5, 0.6) is 11.5 Å². The number of methoxy groups -OCH3 is 2. The molecule has 74 valence electrons. The SMILES string of the molecule is COc1c(Br)ccc(CC#N)c1OC. The maximum Gasteiger partial charge on any atom is 0.175 e. The Bertz CT molecular complexity index is 371. The fourth-order valence-electron chi connectivity index (χ4n) is 1.22. The van der Waals surface area contributed by atoms with E-state index in [1.54, 1.807) is 14.2 Å². The van der Waals surface area contributed by atoms with Crippen molar-refractivity contribution >= 4 is 15.9 Å². The molecule has 14 heavy (non-hydrogen) atoms. The smallest absolute Gasteiger partial charge is 0.175 e. The Balaban J connectivity index is 3.27. The predicted octanol–water partition coefficient (Wildman–Crippen LogP) is 2.53. The van der Waals surface area contributed by atoms with Crippen LogP contribution in [0.3, 0.4) is 0 Å². The van der Waals surface area contributed by atoms with Crippen LogP contribution in [-0.2, 0) is 6.42 Å². The number of nitriles is 1. The highest BCUT2D eigenvalue weighted by molar-refractivity contribution is 9.10. The average Bonchev–Trinajstić information content (AvgIpc) is 2.20. The number of hydrogen-bond acceptors (Lipinski definition) is 3. The van der Waals surface area contributed by atoms with Gasteiger partial charge in [-0.3, -0.25) is 0 Å². The van der Waals surface area contributed by atoms with Gasteiger partial charge in [0.2, 0.25) is 0 Å². The fourth-order valence-corrected chi connectivity index (χ4v) is 1.69. The van der Waals surface area contributed by atoms with Crippen LogP contribution in [0.15, 0.2) is 16.6 Å². The number of nitrogens with zero attached hydrogens (tertiary/aromatic N) is 1. The molecule has 0 unspecified atom stereocenters. The van der Waals surface area contributed by atoms with E-state index in [2.05, 4.69) is 22.0 Å². The Labute approximate surface area is 91.4 Å². The first kappa shape index (κ1) is 10.9. The van der Waals surface area contributed by atoms with Gasteiger partial charge in [0.25, 0.3) is 0 Å². The largest absolute Gasteiger partial charge is 0.492 e. The van der Waals surface area contributed by atoms with Crippen LogP contribution >= 0.6 is 15.9 Å². The minimum atomic E-state index is 0.312. The third-order valence-electron chi connectivity index (χ3n) is 1.82. The molecule has 0 N–H and O–H groups in total. The second-order valence-electron chi connectivity index (χ2n) is 2.61. The van der Waals surface area contributed by atoms with Gasteiger partial charge >= 0.3 is 0 Å². The summed E-state index contributed by atoms with van der Waals surface area (Å²) in [7, 11) is 3.13. The molecule has 0 aliphatic heterocycles. The molecule has 0 aliphatic rings. The van der Waals surface area contributed by atoms with Crippen LogP contribution in [0.2, 0.25) is 0 Å². The minimum absolute atomic E-state index is 0.312. The molecule has 4 heteroatoms. The first-order valence-electron chi connectivity index (χ1n) is 4.01. The van der Waals surface area contributed by atoms with Crippen LogP contribution < -0.4 is 9.47 Å². The van der Waals surface area contributed by atoms with Crippen molar-refractivity contribution in [2.75, 3.05) is 14.2 Å². The maximum absolute atomic E-state index is 8.61. The van der Waals surface area contributed by atoms with Crippen molar-refractivity contribution in [2.24, 2.45) is 0 Å². The normalized spacial score (nSPS) is 9.29. The van der Waals surface area contributed by atoms with Crippen molar-refractivity contribution in [2.45, 2.75) is 6.42 Å². The Hall–Kier alpha value is -1.21. The molecule has 1 aromatic carbocycles. The number of benzene rings is 1. The van der Waals surface area contributed by atoms with E-state index < -0.39 is 0 Å². The van der Waals surface area contributed by atoms with Crippen molar-refractivity contribution in [3.05, 3.63) is 22.2 Å². The zero-order chi connectivity index (χ0) is 10.6. The zero-order valence-corrected chi connectivity index (χ0v) is 9.59. The lowest BCUT2D eigenvalue weighted by molar-refractivity contribution is 0.350. The van der Waals surface area contributed by atoms with E-state index in [-0.39, 0.29) is 0 Å². The van der Waals surface area contributed by atoms with Crippen molar-refractivity contribution in [3.8, 4) is 17.6 Å². The molecular weight excluding hydrogens is 246 g/mol. The summed E-state index contributed by atoms with van der Waals surface area (Å²) in [5.41, 5.74) is 0.829. The summed E-state index contributed by atoms with van der Waals surface area (Å²) >= 11 is 3.35.